The van der Waals surface area contributed by atoms with Gasteiger partial charge >= 0.3 is 0 Å². The normalized spacial score (nSPS) is 11.1. The number of anilines is 1. The molecule has 4 rings (SSSR count). The lowest BCUT2D eigenvalue weighted by molar-refractivity contribution is 0.101. The molecule has 4 aromatic rings. The van der Waals surface area contributed by atoms with E-state index in [2.05, 4.69) is 0 Å². The molecule has 1 heterocycles. The Morgan fingerprint density at radius 3 is 2.48 bits per heavy atom. The van der Waals surface area contributed by atoms with Crippen molar-refractivity contribution in [1.82, 2.24) is 0 Å². The standard InChI is InChI=1S/C23H18FNO2/c1-13-6-8-18(14(2)10-13)22(26)23-21(25)19-9-7-16(12-20(19)27-23)15-4-3-5-17(24)11-15/h3-12H,25H2,1-2H3. The number of aryl methyl sites for hydroxylation is 2. The molecule has 27 heavy (non-hydrogen) atoms. The van der Waals surface area contributed by atoms with Crippen LogP contribution in [0.1, 0.15) is 27.2 Å². The van der Waals surface area contributed by atoms with Crippen molar-refractivity contribution >= 4 is 22.4 Å². The maximum absolute atomic E-state index is 13.5. The van der Waals surface area contributed by atoms with Crippen LogP contribution >= 0.6 is 0 Å². The molecule has 0 radical (unpaired) electrons. The minimum absolute atomic E-state index is 0.133. The van der Waals surface area contributed by atoms with Gasteiger partial charge in [0.25, 0.3) is 0 Å². The van der Waals surface area contributed by atoms with E-state index in [0.29, 0.717) is 22.2 Å². The second-order valence-corrected chi connectivity index (χ2v) is 6.71. The zero-order chi connectivity index (χ0) is 19.1. The molecular weight excluding hydrogens is 341 g/mol. The number of hydrogen-bond donors (Lipinski definition) is 1. The predicted molar refractivity (Wildman–Crippen MR) is 105 cm³/mol. The van der Waals surface area contributed by atoms with E-state index >= 15 is 0 Å². The van der Waals surface area contributed by atoms with Gasteiger partial charge in [0, 0.05) is 10.9 Å². The average molecular weight is 359 g/mol. The molecule has 3 nitrogen and oxygen atoms in total. The van der Waals surface area contributed by atoms with Crippen LogP contribution in [0, 0.1) is 19.7 Å². The third-order valence-corrected chi connectivity index (χ3v) is 4.72. The largest absolute Gasteiger partial charge is 0.450 e. The lowest BCUT2D eigenvalue weighted by Gasteiger charge is -2.04. The van der Waals surface area contributed by atoms with Crippen molar-refractivity contribution in [3.63, 3.8) is 0 Å². The number of ketones is 1. The smallest absolute Gasteiger partial charge is 0.230 e. The summed E-state index contributed by atoms with van der Waals surface area (Å²) in [5.41, 5.74) is 11.1. The van der Waals surface area contributed by atoms with Crippen molar-refractivity contribution < 1.29 is 13.6 Å². The number of nitrogen functional groups attached to an aromatic ring is 1. The summed E-state index contributed by atoms with van der Waals surface area (Å²) in [6, 6.07) is 17.4. The van der Waals surface area contributed by atoms with Crippen LogP contribution in [0.15, 0.2) is 65.1 Å². The lowest BCUT2D eigenvalue weighted by atomic mass is 10.00. The van der Waals surface area contributed by atoms with Crippen LogP contribution in [-0.2, 0) is 0 Å². The Kier molecular flexibility index (Phi) is 4.04. The second kappa shape index (κ2) is 6.40. The fraction of sp³-hybridized carbons (Fsp3) is 0.0870. The summed E-state index contributed by atoms with van der Waals surface area (Å²) in [6.07, 6.45) is 0. The lowest BCUT2D eigenvalue weighted by Crippen LogP contribution is -2.05. The molecule has 0 fully saturated rings. The summed E-state index contributed by atoms with van der Waals surface area (Å²) in [7, 11) is 0. The fourth-order valence-electron chi connectivity index (χ4n) is 3.32. The summed E-state index contributed by atoms with van der Waals surface area (Å²) in [5.74, 6) is -0.417. The van der Waals surface area contributed by atoms with Gasteiger partial charge < -0.3 is 10.2 Å². The highest BCUT2D eigenvalue weighted by Gasteiger charge is 2.21. The van der Waals surface area contributed by atoms with Crippen molar-refractivity contribution in [2.75, 3.05) is 5.73 Å². The van der Waals surface area contributed by atoms with Crippen LogP contribution in [0.5, 0.6) is 0 Å². The second-order valence-electron chi connectivity index (χ2n) is 6.71. The Bertz CT molecular complexity index is 1190. The van der Waals surface area contributed by atoms with E-state index in [4.69, 9.17) is 10.2 Å². The number of carbonyl (C=O) groups excluding carboxylic acids is 1. The summed E-state index contributed by atoms with van der Waals surface area (Å²) in [6.45, 7) is 3.87. The summed E-state index contributed by atoms with van der Waals surface area (Å²) in [4.78, 5) is 12.9. The summed E-state index contributed by atoms with van der Waals surface area (Å²) < 4.78 is 19.3. The zero-order valence-corrected chi connectivity index (χ0v) is 15.0. The van der Waals surface area contributed by atoms with Crippen molar-refractivity contribution in [2.24, 2.45) is 0 Å². The van der Waals surface area contributed by atoms with E-state index in [1.54, 1.807) is 24.3 Å². The fourth-order valence-corrected chi connectivity index (χ4v) is 3.32. The monoisotopic (exact) mass is 359 g/mol. The van der Waals surface area contributed by atoms with Gasteiger partial charge in [0.1, 0.15) is 11.4 Å². The molecule has 134 valence electrons. The van der Waals surface area contributed by atoms with Gasteiger partial charge in [-0.3, -0.25) is 4.79 Å². The number of nitrogens with two attached hydrogens (primary N) is 1. The van der Waals surface area contributed by atoms with Crippen LogP contribution in [0.25, 0.3) is 22.1 Å². The number of halogens is 1. The SMILES string of the molecule is Cc1ccc(C(=O)c2oc3cc(-c4cccc(F)c4)ccc3c2N)c(C)c1. The third-order valence-electron chi connectivity index (χ3n) is 4.72. The molecule has 3 aromatic carbocycles. The van der Waals surface area contributed by atoms with Gasteiger partial charge in [0.15, 0.2) is 5.76 Å². The zero-order valence-electron chi connectivity index (χ0n) is 15.0. The number of carbonyl (C=O) groups is 1. The van der Waals surface area contributed by atoms with Gasteiger partial charge in [-0.1, -0.05) is 42.0 Å². The molecule has 2 N–H and O–H groups in total. The van der Waals surface area contributed by atoms with Gasteiger partial charge in [-0.05, 0) is 54.8 Å². The maximum Gasteiger partial charge on any atom is 0.230 e. The predicted octanol–water partition coefficient (Wildman–Crippen LogP) is 5.67. The molecule has 0 bridgehead atoms. The van der Waals surface area contributed by atoms with Gasteiger partial charge in [-0.2, -0.15) is 0 Å². The number of fused-ring (bicyclic) bond motifs is 1. The molecule has 0 aliphatic rings. The Balaban J connectivity index is 1.81. The quantitative estimate of drug-likeness (QED) is 0.480. The Morgan fingerprint density at radius 2 is 1.74 bits per heavy atom. The Morgan fingerprint density at radius 1 is 0.963 bits per heavy atom. The number of hydrogen-bond acceptors (Lipinski definition) is 3. The van der Waals surface area contributed by atoms with E-state index in [-0.39, 0.29) is 17.4 Å². The molecule has 0 atom stereocenters. The first-order chi connectivity index (χ1) is 12.9. The molecule has 0 aliphatic carbocycles. The first-order valence-electron chi connectivity index (χ1n) is 8.64. The van der Waals surface area contributed by atoms with E-state index < -0.39 is 0 Å². The van der Waals surface area contributed by atoms with E-state index in [9.17, 15) is 9.18 Å². The van der Waals surface area contributed by atoms with Crippen LogP contribution in [0.4, 0.5) is 10.1 Å². The molecule has 0 saturated heterocycles. The van der Waals surface area contributed by atoms with Gasteiger partial charge in [-0.25, -0.2) is 4.39 Å². The van der Waals surface area contributed by atoms with Crippen molar-refractivity contribution in [1.29, 1.82) is 0 Å². The molecule has 0 amide bonds. The molecule has 4 heteroatoms. The van der Waals surface area contributed by atoms with Crippen LogP contribution in [0.2, 0.25) is 0 Å². The van der Waals surface area contributed by atoms with E-state index in [0.717, 1.165) is 22.3 Å². The van der Waals surface area contributed by atoms with Gasteiger partial charge in [-0.15, -0.1) is 0 Å². The first-order valence-corrected chi connectivity index (χ1v) is 8.64. The van der Waals surface area contributed by atoms with Crippen LogP contribution in [0.3, 0.4) is 0 Å². The molecule has 0 unspecified atom stereocenters. The minimum atomic E-state index is -0.308. The van der Waals surface area contributed by atoms with Crippen molar-refractivity contribution in [3.05, 3.63) is 88.9 Å². The van der Waals surface area contributed by atoms with Crippen LogP contribution in [-0.4, -0.2) is 5.78 Å². The molecule has 0 spiro atoms. The maximum atomic E-state index is 13.5. The van der Waals surface area contributed by atoms with Crippen molar-refractivity contribution in [2.45, 2.75) is 13.8 Å². The van der Waals surface area contributed by atoms with E-state index in [1.165, 1.54) is 12.1 Å². The Hall–Kier alpha value is -3.40. The summed E-state index contributed by atoms with van der Waals surface area (Å²) in [5, 5.41) is 0.670. The van der Waals surface area contributed by atoms with Crippen molar-refractivity contribution in [3.8, 4) is 11.1 Å². The average Bonchev–Trinajstić information content (AvgIpc) is 2.97. The van der Waals surface area contributed by atoms with Crippen LogP contribution < -0.4 is 5.73 Å². The number of furan rings is 1. The van der Waals surface area contributed by atoms with E-state index in [1.807, 2.05) is 38.1 Å². The van der Waals surface area contributed by atoms with Gasteiger partial charge in [0.2, 0.25) is 5.78 Å². The molecule has 1 aromatic heterocycles. The summed E-state index contributed by atoms with van der Waals surface area (Å²) >= 11 is 0. The topological polar surface area (TPSA) is 56.2 Å². The highest BCUT2D eigenvalue weighted by Crippen LogP contribution is 2.33. The number of benzene rings is 3. The highest BCUT2D eigenvalue weighted by atomic mass is 19.1. The molecular formula is C23H18FNO2. The Labute approximate surface area is 156 Å². The number of rotatable bonds is 3. The highest BCUT2D eigenvalue weighted by molar-refractivity contribution is 6.15. The third kappa shape index (κ3) is 2.99. The minimum Gasteiger partial charge on any atom is -0.450 e. The first kappa shape index (κ1) is 17.0. The molecule has 0 saturated carbocycles. The van der Waals surface area contributed by atoms with Gasteiger partial charge in [0.05, 0.1) is 5.69 Å². The molecule has 0 aliphatic heterocycles.